The van der Waals surface area contributed by atoms with Crippen molar-refractivity contribution < 1.29 is 29.4 Å². The van der Waals surface area contributed by atoms with Crippen LogP contribution in [0.2, 0.25) is 0 Å². The van der Waals surface area contributed by atoms with E-state index in [2.05, 4.69) is 13.8 Å². The molecule has 0 aromatic heterocycles. The molecule has 178 valence electrons. The minimum Gasteiger partial charge on any atom is -0.550 e. The Morgan fingerprint density at radius 3 is 1.00 bits per heavy atom. The Hall–Kier alpha value is -0.798. The molecule has 0 unspecified atom stereocenters. The normalized spacial score (nSPS) is 9.87. The van der Waals surface area contributed by atoms with Crippen molar-refractivity contribution in [1.82, 2.24) is 0 Å². The molecule has 0 fully saturated rings. The van der Waals surface area contributed by atoms with Crippen molar-refractivity contribution in [2.24, 2.45) is 0 Å². The van der Waals surface area contributed by atoms with Crippen LogP contribution in [0.15, 0.2) is 0 Å². The third kappa shape index (κ3) is 34.0. The van der Waals surface area contributed by atoms with E-state index in [1.165, 1.54) is 51.4 Å². The van der Waals surface area contributed by atoms with Crippen molar-refractivity contribution in [3.8, 4) is 0 Å². The van der Waals surface area contributed by atoms with Crippen molar-refractivity contribution in [2.75, 3.05) is 0 Å². The Labute approximate surface area is 209 Å². The van der Waals surface area contributed by atoms with Gasteiger partial charge in [0.15, 0.2) is 0 Å². The Morgan fingerprint density at radius 1 is 0.484 bits per heavy atom. The van der Waals surface area contributed by atoms with Gasteiger partial charge < -0.3 is 19.8 Å². The summed E-state index contributed by atoms with van der Waals surface area (Å²) in [4.78, 5) is 42.1. The molecule has 0 aromatic rings. The van der Waals surface area contributed by atoms with Gasteiger partial charge in [0.25, 0.3) is 0 Å². The van der Waals surface area contributed by atoms with Gasteiger partial charge in [-0.1, -0.05) is 90.9 Å². The number of carbonyl (C=O) groups is 4. The summed E-state index contributed by atoms with van der Waals surface area (Å²) in [5.74, 6) is -2.93. The van der Waals surface area contributed by atoms with E-state index < -0.39 is 24.8 Å². The molecule has 0 aliphatic heterocycles. The van der Waals surface area contributed by atoms with Gasteiger partial charge in [0.2, 0.25) is 0 Å². The molecular weight excluding hydrogens is 591 g/mol. The van der Waals surface area contributed by atoms with E-state index in [4.69, 9.17) is 0 Å². The van der Waals surface area contributed by atoms with Crippen LogP contribution in [0.1, 0.15) is 129 Å². The van der Waals surface area contributed by atoms with Crippen LogP contribution < -0.4 is 10.2 Å². The van der Waals surface area contributed by atoms with Crippen LogP contribution in [0.25, 0.3) is 0 Å². The fourth-order valence-electron chi connectivity index (χ4n) is 3.06. The van der Waals surface area contributed by atoms with Crippen molar-refractivity contribution >= 4 is 50.8 Å². The molecule has 0 amide bonds. The maximum atomic E-state index is 11.0. The molecule has 0 N–H and O–H groups in total. The quantitative estimate of drug-likeness (QED) is 0.116. The molecule has 0 saturated heterocycles. The van der Waals surface area contributed by atoms with Crippen LogP contribution in [0.4, 0.5) is 0 Å². The largest absolute Gasteiger partial charge is 2.00 e. The van der Waals surface area contributed by atoms with Gasteiger partial charge >= 0.3 is 27.3 Å². The van der Waals surface area contributed by atoms with E-state index in [0.717, 1.165) is 38.5 Å². The Bertz CT molecular complexity index is 423. The average Bonchev–Trinajstić information content (AvgIpc) is 2.66. The summed E-state index contributed by atoms with van der Waals surface area (Å²) in [6.07, 6.45) is 16.0. The van der Waals surface area contributed by atoms with Crippen molar-refractivity contribution in [3.05, 3.63) is 0 Å². The first-order chi connectivity index (χ1) is 14.3. The molecule has 0 aromatic carbocycles. The summed E-state index contributed by atoms with van der Waals surface area (Å²) in [5.41, 5.74) is 0. The molecule has 2 radical (unpaired) electrons. The van der Waals surface area contributed by atoms with Crippen LogP contribution in [-0.2, 0) is 19.2 Å². The molecule has 31 heavy (non-hydrogen) atoms. The van der Waals surface area contributed by atoms with E-state index >= 15 is 0 Å². The predicted octanol–water partition coefficient (Wildman–Crippen LogP) is 3.29. The summed E-state index contributed by atoms with van der Waals surface area (Å²) in [6, 6.07) is 0. The van der Waals surface area contributed by atoms with Gasteiger partial charge in [-0.05, 0) is 12.8 Å². The standard InChI is InChI=1S/2C12H22O3.Pb/c2*1-2-3-4-5-6-7-8-9-11(13)10-12(14)15;/h2*2-10H2,1H3,(H,14,15);/q;;+2/p-2. The minimum atomic E-state index is -1.26. The van der Waals surface area contributed by atoms with E-state index in [0.29, 0.717) is 12.8 Å². The number of carboxylic acid groups (broad SMARTS) is 2. The Balaban J connectivity index is -0.000000490. The van der Waals surface area contributed by atoms with Crippen molar-refractivity contribution in [3.63, 3.8) is 0 Å². The number of rotatable bonds is 20. The van der Waals surface area contributed by atoms with Crippen LogP contribution >= 0.6 is 0 Å². The maximum Gasteiger partial charge on any atom is 2.00 e. The third-order valence-electron chi connectivity index (χ3n) is 4.80. The first-order valence-corrected chi connectivity index (χ1v) is 11.8. The van der Waals surface area contributed by atoms with Crippen LogP contribution in [0.5, 0.6) is 0 Å². The SMILES string of the molecule is CCCCCCCCCC(=O)CC(=O)[O-].CCCCCCCCCC(=O)CC(=O)[O-].[Pb+2]. The number of ketones is 2. The van der Waals surface area contributed by atoms with Gasteiger partial charge in [-0.25, -0.2) is 0 Å². The number of carboxylic acids is 2. The second-order valence-corrected chi connectivity index (χ2v) is 7.92. The Morgan fingerprint density at radius 2 is 0.742 bits per heavy atom. The summed E-state index contributed by atoms with van der Waals surface area (Å²) in [5, 5.41) is 20.2. The topological polar surface area (TPSA) is 114 Å². The molecule has 0 atom stereocenters. The van der Waals surface area contributed by atoms with Gasteiger partial charge in [0.1, 0.15) is 11.6 Å². The molecule has 0 bridgehead atoms. The smallest absolute Gasteiger partial charge is 0.550 e. The number of carbonyl (C=O) groups excluding carboxylic acids is 4. The monoisotopic (exact) mass is 634 g/mol. The van der Waals surface area contributed by atoms with Crippen LogP contribution in [-0.4, -0.2) is 50.8 Å². The number of Topliss-reactive ketones (excluding diaryl/α,β-unsaturated/α-hetero) is 2. The number of unbranched alkanes of at least 4 members (excludes halogenated alkanes) is 12. The zero-order chi connectivity index (χ0) is 23.0. The Kier molecular flexibility index (Phi) is 30.6. The fourth-order valence-corrected chi connectivity index (χ4v) is 3.06. The summed E-state index contributed by atoms with van der Waals surface area (Å²) in [6.45, 7) is 4.36. The summed E-state index contributed by atoms with van der Waals surface area (Å²) in [7, 11) is 0. The molecule has 0 spiro atoms. The molecule has 0 aliphatic rings. The molecule has 6 nitrogen and oxygen atoms in total. The molecule has 0 saturated carbocycles. The summed E-state index contributed by atoms with van der Waals surface area (Å²) >= 11 is 0. The first-order valence-electron chi connectivity index (χ1n) is 11.8. The van der Waals surface area contributed by atoms with E-state index in [1.807, 2.05) is 0 Å². The predicted molar refractivity (Wildman–Crippen MR) is 120 cm³/mol. The molecule has 0 aliphatic carbocycles. The molecule has 7 heteroatoms. The van der Waals surface area contributed by atoms with E-state index in [-0.39, 0.29) is 38.9 Å². The van der Waals surface area contributed by atoms with Gasteiger partial charge in [-0.15, -0.1) is 0 Å². The van der Waals surface area contributed by atoms with Crippen LogP contribution in [0.3, 0.4) is 0 Å². The summed E-state index contributed by atoms with van der Waals surface area (Å²) < 4.78 is 0. The maximum absolute atomic E-state index is 11.0. The zero-order valence-corrected chi connectivity index (χ0v) is 23.6. The third-order valence-corrected chi connectivity index (χ3v) is 4.80. The molecule has 0 rings (SSSR count). The van der Waals surface area contributed by atoms with E-state index in [9.17, 15) is 29.4 Å². The average molecular weight is 634 g/mol. The van der Waals surface area contributed by atoms with Gasteiger partial charge in [-0.3, -0.25) is 9.59 Å². The second-order valence-electron chi connectivity index (χ2n) is 7.92. The minimum absolute atomic E-state index is 0. The van der Waals surface area contributed by atoms with Gasteiger partial charge in [0, 0.05) is 37.6 Å². The second kappa shape index (κ2) is 27.2. The number of aliphatic carboxylic acids is 2. The number of hydrogen-bond donors (Lipinski definition) is 0. The van der Waals surface area contributed by atoms with Crippen molar-refractivity contribution in [2.45, 2.75) is 129 Å². The van der Waals surface area contributed by atoms with E-state index in [1.54, 1.807) is 0 Å². The first kappa shape index (κ1) is 34.8. The van der Waals surface area contributed by atoms with Crippen LogP contribution in [0, 0.1) is 0 Å². The number of hydrogen-bond acceptors (Lipinski definition) is 6. The molecule has 0 heterocycles. The van der Waals surface area contributed by atoms with Gasteiger partial charge in [0.05, 0.1) is 0 Å². The van der Waals surface area contributed by atoms with Gasteiger partial charge in [-0.2, -0.15) is 0 Å². The molecular formula is C24H42O6Pb. The fraction of sp³-hybridized carbons (Fsp3) is 0.833. The van der Waals surface area contributed by atoms with Crippen molar-refractivity contribution in [1.29, 1.82) is 0 Å². The zero-order valence-electron chi connectivity index (χ0n) is 19.7.